The van der Waals surface area contributed by atoms with Crippen molar-refractivity contribution >= 4 is 59.6 Å². The Morgan fingerprint density at radius 1 is 0.457 bits per heavy atom. The first-order valence-electron chi connectivity index (χ1n) is 33.5. The molecule has 4 heterocycles. The molecule has 4 rings (SSSR count). The van der Waals surface area contributed by atoms with Crippen molar-refractivity contribution in [1.82, 2.24) is 25.2 Å². The molecule has 2 amide bonds. The zero-order valence-corrected chi connectivity index (χ0v) is 57.2. The summed E-state index contributed by atoms with van der Waals surface area (Å²) >= 11 is 0. The van der Waals surface area contributed by atoms with Crippen LogP contribution in [0.3, 0.4) is 0 Å². The Morgan fingerprint density at radius 3 is 1.28 bits per heavy atom. The second-order valence-corrected chi connectivity index (χ2v) is 24.2. The lowest BCUT2D eigenvalue weighted by molar-refractivity contribution is -0.366. The molecule has 3 aliphatic rings. The molecule has 0 saturated carbocycles. The molecule has 534 valence electrons. The number of nitrogens with zero attached hydrogens (tertiary/aromatic N) is 4. The molecule has 1 aromatic heterocycles. The van der Waals surface area contributed by atoms with Gasteiger partial charge in [-0.15, -0.1) is 5.10 Å². The van der Waals surface area contributed by atoms with Gasteiger partial charge in [0.1, 0.15) is 24.4 Å². The van der Waals surface area contributed by atoms with Crippen LogP contribution >= 0.6 is 0 Å². The van der Waals surface area contributed by atoms with Crippen LogP contribution in [0.4, 0.5) is 0 Å². The molecule has 0 radical (unpaired) electrons. The Bertz CT molecular complexity index is 2540. The number of hydrogen-bond donors (Lipinski definition) is 1. The molecule has 0 bridgehead atoms. The van der Waals surface area contributed by atoms with E-state index in [-0.39, 0.29) is 30.6 Å². The van der Waals surface area contributed by atoms with Gasteiger partial charge in [-0.1, -0.05) is 135 Å². The van der Waals surface area contributed by atoms with Crippen molar-refractivity contribution in [3.8, 4) is 0 Å². The molecule has 3 fully saturated rings. The van der Waals surface area contributed by atoms with Gasteiger partial charge in [-0.2, -0.15) is 0 Å². The fraction of sp³-hybridized carbons (Fsp3) is 0.815. The lowest BCUT2D eigenvalue weighted by atomic mass is 9.96. The maximum absolute atomic E-state index is 14.1. The quantitative estimate of drug-likeness (QED) is 0.0406. The molecule has 29 nitrogen and oxygen atoms in total. The number of unbranched alkanes of at least 4 members (excludes halogenated alkanes) is 18. The van der Waals surface area contributed by atoms with Gasteiger partial charge in [0, 0.05) is 68.5 Å². The van der Waals surface area contributed by atoms with E-state index in [0.29, 0.717) is 19.5 Å². The smallest absolute Gasteiger partial charge is 0.303 e. The summed E-state index contributed by atoms with van der Waals surface area (Å²) in [5.74, 6) is -7.72. The van der Waals surface area contributed by atoms with E-state index in [1.165, 1.54) is 100 Å². The lowest BCUT2D eigenvalue weighted by Crippen LogP contribution is -2.67. The highest BCUT2D eigenvalue weighted by Gasteiger charge is 2.58. The predicted molar refractivity (Wildman–Crippen MR) is 331 cm³/mol. The molecular weight excluding hydrogens is 1230 g/mol. The number of carbonyl (C=O) groups excluding carboxylic acids is 10. The number of amides is 2. The Labute approximate surface area is 552 Å². The summed E-state index contributed by atoms with van der Waals surface area (Å²) in [6.07, 6.45) is 0.339. The summed E-state index contributed by atoms with van der Waals surface area (Å²) in [7, 11) is 0. The van der Waals surface area contributed by atoms with E-state index < -0.39 is 153 Å². The van der Waals surface area contributed by atoms with Gasteiger partial charge in [0.25, 0.3) is 0 Å². The molecule has 0 aliphatic carbocycles. The maximum atomic E-state index is 14.1. The first kappa shape index (κ1) is 80.0. The third kappa shape index (κ3) is 28.9. The van der Waals surface area contributed by atoms with E-state index in [9.17, 15) is 47.9 Å². The van der Waals surface area contributed by atoms with Crippen LogP contribution in [0.2, 0.25) is 0 Å². The molecule has 3 saturated heterocycles. The summed E-state index contributed by atoms with van der Waals surface area (Å²) < 4.78 is 84.6. The van der Waals surface area contributed by atoms with Crippen LogP contribution in [0.25, 0.3) is 0 Å². The zero-order valence-electron chi connectivity index (χ0n) is 57.2. The Morgan fingerprint density at radius 2 is 0.830 bits per heavy atom. The molecule has 0 aromatic carbocycles. The third-order valence-corrected chi connectivity index (χ3v) is 15.8. The molecule has 0 spiro atoms. The van der Waals surface area contributed by atoms with Crippen molar-refractivity contribution in [2.75, 3.05) is 26.2 Å². The topological polar surface area (TPSA) is 346 Å². The lowest BCUT2D eigenvalue weighted by Gasteiger charge is -2.49. The second-order valence-electron chi connectivity index (χ2n) is 24.2. The number of carbonyl (C=O) groups is 10. The number of hydrogen-bond acceptors (Lipinski definition) is 26. The Kier molecular flexibility index (Phi) is 36.5. The summed E-state index contributed by atoms with van der Waals surface area (Å²) in [6.45, 7) is 15.0. The first-order chi connectivity index (χ1) is 44.8. The third-order valence-electron chi connectivity index (χ3n) is 15.8. The van der Waals surface area contributed by atoms with Gasteiger partial charge in [-0.3, -0.25) is 47.9 Å². The molecule has 15 atom stereocenters. The van der Waals surface area contributed by atoms with Crippen LogP contribution < -0.4 is 5.32 Å². The van der Waals surface area contributed by atoms with E-state index in [1.54, 1.807) is 0 Å². The molecule has 0 unspecified atom stereocenters. The van der Waals surface area contributed by atoms with Gasteiger partial charge in [0.05, 0.1) is 38.2 Å². The van der Waals surface area contributed by atoms with Crippen LogP contribution in [0, 0.1) is 0 Å². The first-order valence-corrected chi connectivity index (χ1v) is 33.5. The van der Waals surface area contributed by atoms with Crippen molar-refractivity contribution in [2.45, 2.75) is 317 Å². The average molecular weight is 1340 g/mol. The van der Waals surface area contributed by atoms with E-state index in [0.717, 1.165) is 107 Å². The van der Waals surface area contributed by atoms with E-state index in [2.05, 4.69) is 29.5 Å². The van der Waals surface area contributed by atoms with Gasteiger partial charge < -0.3 is 76.5 Å². The molecular formula is C65H105N5O24. The Balaban J connectivity index is 1.67. The van der Waals surface area contributed by atoms with Gasteiger partial charge in [0.2, 0.25) is 11.8 Å². The normalized spacial score (nSPS) is 25.8. The SMILES string of the molecule is CCCCCCCCCCCCNC(=O)CN(CCCCCCCCCCCC)C(=O)Cn1cc(CO[C@@H]2O[C@H](CO[C@@H]3O[C@@H](C)[C@H](OC(C)=O)[C@@H](OC(C)=O)[C@H]3OC(C)=O)[C@@H](O[C@@H]3O[C@@H](C)[C@H](OC(C)=O)[C@@H](OC(C)=O)[C@H]3OC(C)=O)[C@H](OC(C)=O)[C@H]2OC(C)=O)nn1. The van der Waals surface area contributed by atoms with E-state index >= 15 is 0 Å². The monoisotopic (exact) mass is 1340 g/mol. The number of esters is 8. The minimum absolute atomic E-state index is 0.129. The number of ether oxygens (including phenoxy) is 14. The van der Waals surface area contributed by atoms with Crippen LogP contribution in [0.1, 0.15) is 217 Å². The van der Waals surface area contributed by atoms with Gasteiger partial charge in [0.15, 0.2) is 67.7 Å². The fourth-order valence-electron chi connectivity index (χ4n) is 11.5. The van der Waals surface area contributed by atoms with Gasteiger partial charge in [-0.05, 0) is 26.7 Å². The van der Waals surface area contributed by atoms with Crippen molar-refractivity contribution in [3.05, 3.63) is 11.9 Å². The highest BCUT2D eigenvalue weighted by molar-refractivity contribution is 5.84. The molecule has 3 aliphatic heterocycles. The van der Waals surface area contributed by atoms with E-state index in [1.807, 2.05) is 0 Å². The molecule has 1 aromatic rings. The van der Waals surface area contributed by atoms with Crippen molar-refractivity contribution in [3.63, 3.8) is 0 Å². The van der Waals surface area contributed by atoms with Crippen molar-refractivity contribution in [2.24, 2.45) is 0 Å². The molecule has 94 heavy (non-hydrogen) atoms. The summed E-state index contributed by atoms with van der Waals surface area (Å²) in [5, 5.41) is 11.4. The minimum atomic E-state index is -1.82. The number of rotatable bonds is 42. The maximum Gasteiger partial charge on any atom is 0.303 e. The largest absolute Gasteiger partial charge is 0.456 e. The standard InChI is InChI=1S/C65H105N5O24/c1-13-15-17-19-21-23-25-27-29-31-33-66-52(79)36-69(34-32-30-28-26-24-22-20-18-16-14-2)53(80)37-70-35-50(67-68-70)38-81-64-61(91-48(11)77)59(89-46(9)75)56(94-65-62(92-49(12)78)58(88-45(8)74)55(41(4)84-65)86-43(6)72)51(93-64)39-82-63-60(90-47(10)76)57(87-44(7)73)54(40(3)83-63)85-42(5)71/h35,40-41,51,54-65H,13-34,36-39H2,1-12H3,(H,66,79)/t40-,41-,51+,54-,55-,56+,57+,58+,59-,60+,61+,62+,63+,64+,65-/m0/s1. The van der Waals surface area contributed by atoms with Crippen LogP contribution in [-0.4, -0.2) is 198 Å². The molecule has 1 N–H and O–H groups in total. The molecule has 29 heteroatoms. The predicted octanol–water partition coefficient (Wildman–Crippen LogP) is 6.65. The van der Waals surface area contributed by atoms with E-state index in [4.69, 9.17) is 66.3 Å². The van der Waals surface area contributed by atoms with Gasteiger partial charge in [-0.25, -0.2) is 4.68 Å². The average Bonchev–Trinajstić information content (AvgIpc) is 0.870. The second kappa shape index (κ2) is 42.9. The minimum Gasteiger partial charge on any atom is -0.456 e. The summed E-state index contributed by atoms with van der Waals surface area (Å²) in [5.41, 5.74) is 0.129. The summed E-state index contributed by atoms with van der Waals surface area (Å²) in [4.78, 5) is 131. The zero-order chi connectivity index (χ0) is 69.3. The Hall–Kier alpha value is -6.40. The highest BCUT2D eigenvalue weighted by Crippen LogP contribution is 2.37. The number of nitrogens with one attached hydrogen (secondary N) is 1. The summed E-state index contributed by atoms with van der Waals surface area (Å²) in [6, 6.07) is 0. The van der Waals surface area contributed by atoms with Crippen LogP contribution in [-0.2, 0) is 127 Å². The van der Waals surface area contributed by atoms with Crippen LogP contribution in [0.5, 0.6) is 0 Å². The number of aromatic nitrogens is 3. The van der Waals surface area contributed by atoms with Crippen molar-refractivity contribution < 1.29 is 114 Å². The van der Waals surface area contributed by atoms with Crippen LogP contribution in [0.15, 0.2) is 6.20 Å². The highest BCUT2D eigenvalue weighted by atomic mass is 16.8. The van der Waals surface area contributed by atoms with Crippen molar-refractivity contribution in [1.29, 1.82) is 0 Å². The fourth-order valence-corrected chi connectivity index (χ4v) is 11.5. The van der Waals surface area contributed by atoms with Gasteiger partial charge >= 0.3 is 47.8 Å².